The molecule has 0 amide bonds. The molecule has 84 valence electrons. The maximum atomic E-state index is 11.4. The minimum Gasteiger partial charge on any atom is -0.246 e. The molecule has 0 saturated heterocycles. The summed E-state index contributed by atoms with van der Waals surface area (Å²) in [5.41, 5.74) is 0.984. The molecule has 1 aliphatic rings. The molecule has 1 aromatic heterocycles. The largest absolute Gasteiger partial charge is 0.246 e. The van der Waals surface area contributed by atoms with Crippen LogP contribution in [0.1, 0.15) is 28.4 Å². The van der Waals surface area contributed by atoms with Crippen molar-refractivity contribution in [1.82, 2.24) is 4.98 Å². The van der Waals surface area contributed by atoms with Crippen LogP contribution in [0.25, 0.3) is 0 Å². The van der Waals surface area contributed by atoms with E-state index in [2.05, 4.69) is 4.98 Å². The molecule has 6 heteroatoms. The molecule has 0 radical (unpaired) electrons. The van der Waals surface area contributed by atoms with Crippen molar-refractivity contribution < 1.29 is 8.42 Å². The fourth-order valence-corrected chi connectivity index (χ4v) is 4.23. The van der Waals surface area contributed by atoms with Crippen LogP contribution in [0.5, 0.6) is 0 Å². The van der Waals surface area contributed by atoms with E-state index in [-0.39, 0.29) is 0 Å². The number of aryl methyl sites for hydroxylation is 2. The molecule has 1 saturated carbocycles. The second-order valence-corrected chi connectivity index (χ2v) is 8.30. The highest BCUT2D eigenvalue weighted by Gasteiger charge is 2.54. The van der Waals surface area contributed by atoms with Crippen LogP contribution in [0.4, 0.5) is 0 Å². The Morgan fingerprint density at radius 2 is 2.07 bits per heavy atom. The first-order valence-corrected chi connectivity index (χ1v) is 7.84. The normalized spacial score (nSPS) is 19.1. The average Bonchev–Trinajstić information content (AvgIpc) is 2.77. The van der Waals surface area contributed by atoms with E-state index < -0.39 is 13.8 Å². The van der Waals surface area contributed by atoms with Gasteiger partial charge in [0.1, 0.15) is 0 Å². The molecule has 15 heavy (non-hydrogen) atoms. The summed E-state index contributed by atoms with van der Waals surface area (Å²) in [6.45, 7) is 3.93. The summed E-state index contributed by atoms with van der Waals surface area (Å²) >= 11 is 1.56. The van der Waals surface area contributed by atoms with Crippen molar-refractivity contribution in [3.8, 4) is 0 Å². The van der Waals surface area contributed by atoms with Gasteiger partial charge >= 0.3 is 0 Å². The highest BCUT2D eigenvalue weighted by molar-refractivity contribution is 8.15. The molecule has 1 fully saturated rings. The lowest BCUT2D eigenvalue weighted by atomic mass is 10.3. The van der Waals surface area contributed by atoms with Gasteiger partial charge in [-0.05, 0) is 26.7 Å². The molecule has 0 bridgehead atoms. The molecule has 3 nitrogen and oxygen atoms in total. The smallest absolute Gasteiger partial charge is 0.238 e. The fourth-order valence-electron chi connectivity index (χ4n) is 1.54. The molecule has 0 aliphatic heterocycles. The highest BCUT2D eigenvalue weighted by Crippen LogP contribution is 2.48. The lowest BCUT2D eigenvalue weighted by Gasteiger charge is -2.07. The van der Waals surface area contributed by atoms with Crippen LogP contribution in [-0.2, 0) is 15.5 Å². The van der Waals surface area contributed by atoms with E-state index in [0.29, 0.717) is 19.3 Å². The van der Waals surface area contributed by atoms with Crippen LogP contribution in [0, 0.1) is 13.8 Å². The second kappa shape index (κ2) is 3.43. The first-order chi connectivity index (χ1) is 6.84. The summed E-state index contributed by atoms with van der Waals surface area (Å²) in [5, 5.41) is 0.881. The van der Waals surface area contributed by atoms with E-state index in [1.165, 1.54) is 0 Å². The highest BCUT2D eigenvalue weighted by atomic mass is 35.7. The summed E-state index contributed by atoms with van der Waals surface area (Å²) in [6.07, 6.45) is 1.80. The van der Waals surface area contributed by atoms with Crippen LogP contribution in [0.15, 0.2) is 0 Å². The van der Waals surface area contributed by atoms with Gasteiger partial charge in [-0.3, -0.25) is 0 Å². The Morgan fingerprint density at radius 1 is 1.47 bits per heavy atom. The van der Waals surface area contributed by atoms with Crippen LogP contribution >= 0.6 is 22.0 Å². The second-order valence-electron chi connectivity index (χ2n) is 4.05. The predicted octanol–water partition coefficient (Wildman–Crippen LogP) is 2.40. The number of halogens is 1. The summed E-state index contributed by atoms with van der Waals surface area (Å²) in [4.78, 5) is 5.49. The molecule has 0 atom stereocenters. The van der Waals surface area contributed by atoms with Crippen molar-refractivity contribution in [2.75, 3.05) is 0 Å². The molecule has 1 aromatic rings. The molecular formula is C9H12ClNO2S2. The van der Waals surface area contributed by atoms with E-state index in [4.69, 9.17) is 10.7 Å². The number of hydrogen-bond acceptors (Lipinski definition) is 4. The van der Waals surface area contributed by atoms with Gasteiger partial charge < -0.3 is 0 Å². The van der Waals surface area contributed by atoms with E-state index in [1.807, 2.05) is 13.8 Å². The third-order valence-corrected chi connectivity index (χ3v) is 6.51. The van der Waals surface area contributed by atoms with E-state index >= 15 is 0 Å². The van der Waals surface area contributed by atoms with Crippen LogP contribution in [0.3, 0.4) is 0 Å². The number of aromatic nitrogens is 1. The van der Waals surface area contributed by atoms with Crippen molar-refractivity contribution in [3.63, 3.8) is 0 Å². The first kappa shape index (κ1) is 11.4. The first-order valence-electron chi connectivity index (χ1n) is 4.71. The molecule has 1 aliphatic carbocycles. The number of rotatable bonds is 3. The van der Waals surface area contributed by atoms with E-state index in [1.54, 1.807) is 11.3 Å². The maximum absolute atomic E-state index is 11.4. The molecule has 0 spiro atoms. The Bertz CT molecular complexity index is 469. The van der Waals surface area contributed by atoms with Crippen molar-refractivity contribution >= 4 is 31.1 Å². The Balaban J connectivity index is 2.23. The number of thiazole rings is 1. The molecule has 0 aromatic carbocycles. The minimum atomic E-state index is -3.45. The summed E-state index contributed by atoms with van der Waals surface area (Å²) in [7, 11) is 1.98. The van der Waals surface area contributed by atoms with E-state index in [0.717, 1.165) is 15.6 Å². The lowest BCUT2D eigenvalue weighted by Crippen LogP contribution is -2.20. The number of hydrogen-bond donors (Lipinski definition) is 0. The van der Waals surface area contributed by atoms with Gasteiger partial charge in [0.05, 0.1) is 15.4 Å². The lowest BCUT2D eigenvalue weighted by molar-refractivity contribution is 0.590. The van der Waals surface area contributed by atoms with E-state index in [9.17, 15) is 8.42 Å². The van der Waals surface area contributed by atoms with Gasteiger partial charge in [-0.15, -0.1) is 11.3 Å². The molecule has 0 unspecified atom stereocenters. The van der Waals surface area contributed by atoms with Crippen molar-refractivity contribution in [2.24, 2.45) is 0 Å². The predicted molar refractivity (Wildman–Crippen MR) is 62.0 cm³/mol. The summed E-state index contributed by atoms with van der Waals surface area (Å²) in [5.74, 6) is 0. The van der Waals surface area contributed by atoms with Gasteiger partial charge in [-0.1, -0.05) is 0 Å². The van der Waals surface area contributed by atoms with Crippen LogP contribution in [-0.4, -0.2) is 18.1 Å². The SMILES string of the molecule is Cc1nc(CC2(S(=O)(=O)Cl)CC2)sc1C. The van der Waals surface area contributed by atoms with Crippen molar-refractivity contribution in [2.45, 2.75) is 37.9 Å². The maximum Gasteiger partial charge on any atom is 0.238 e. The topological polar surface area (TPSA) is 47.0 Å². The Morgan fingerprint density at radius 3 is 2.40 bits per heavy atom. The summed E-state index contributed by atoms with van der Waals surface area (Å²) in [6, 6.07) is 0. The molecule has 0 N–H and O–H groups in total. The third kappa shape index (κ3) is 2.05. The van der Waals surface area contributed by atoms with Gasteiger partial charge in [0.2, 0.25) is 9.05 Å². The average molecular weight is 266 g/mol. The van der Waals surface area contributed by atoms with Crippen molar-refractivity contribution in [1.29, 1.82) is 0 Å². The zero-order valence-corrected chi connectivity index (χ0v) is 11.0. The van der Waals surface area contributed by atoms with Gasteiger partial charge in [0.25, 0.3) is 0 Å². The van der Waals surface area contributed by atoms with Gasteiger partial charge in [-0.2, -0.15) is 0 Å². The zero-order valence-electron chi connectivity index (χ0n) is 8.58. The minimum absolute atomic E-state index is 0.470. The van der Waals surface area contributed by atoms with Crippen LogP contribution < -0.4 is 0 Å². The van der Waals surface area contributed by atoms with Crippen molar-refractivity contribution in [3.05, 3.63) is 15.6 Å². The Labute approximate surface area is 97.9 Å². The van der Waals surface area contributed by atoms with Crippen LogP contribution in [0.2, 0.25) is 0 Å². The Kier molecular flexibility index (Phi) is 2.60. The monoisotopic (exact) mass is 265 g/mol. The van der Waals surface area contributed by atoms with Gasteiger partial charge in [0.15, 0.2) is 0 Å². The molecular weight excluding hydrogens is 254 g/mol. The Hall–Kier alpha value is -0.130. The number of nitrogens with zero attached hydrogens (tertiary/aromatic N) is 1. The third-order valence-electron chi connectivity index (χ3n) is 2.87. The standard InChI is InChI=1S/C9H12ClNO2S2/c1-6-7(2)14-8(11-6)5-9(3-4-9)15(10,12)13/h3-5H2,1-2H3. The summed E-state index contributed by atoms with van der Waals surface area (Å²) < 4.78 is 22.0. The van der Waals surface area contributed by atoms with Gasteiger partial charge in [0, 0.05) is 22.0 Å². The quantitative estimate of drug-likeness (QED) is 0.789. The fraction of sp³-hybridized carbons (Fsp3) is 0.667. The molecule has 2 rings (SSSR count). The zero-order chi connectivity index (χ0) is 11.3. The molecule has 1 heterocycles. The van der Waals surface area contributed by atoms with Gasteiger partial charge in [-0.25, -0.2) is 13.4 Å².